The van der Waals surface area contributed by atoms with E-state index in [9.17, 15) is 10.2 Å². The van der Waals surface area contributed by atoms with Gasteiger partial charge in [-0.05, 0) is 18.6 Å². The Labute approximate surface area is 98.4 Å². The lowest BCUT2D eigenvalue weighted by Gasteiger charge is -2.33. The second kappa shape index (κ2) is 4.69. The molecule has 0 aromatic heterocycles. The first-order valence-electron chi connectivity index (χ1n) is 5.04. The lowest BCUT2D eigenvalue weighted by Crippen LogP contribution is -2.45. The number of aliphatic hydroxyl groups is 2. The van der Waals surface area contributed by atoms with Crippen molar-refractivity contribution in [2.45, 2.75) is 18.5 Å². The van der Waals surface area contributed by atoms with E-state index in [2.05, 4.69) is 0 Å². The molecule has 0 bridgehead atoms. The third-order valence-electron chi connectivity index (χ3n) is 2.42. The van der Waals surface area contributed by atoms with E-state index in [0.29, 0.717) is 23.8 Å². The lowest BCUT2D eigenvalue weighted by atomic mass is 10.1. The monoisotopic (exact) mass is 244 g/mol. The Balaban J connectivity index is 2.19. The minimum atomic E-state index is -2.15. The molecule has 0 saturated carbocycles. The summed E-state index contributed by atoms with van der Waals surface area (Å²) < 4.78 is 10.3. The molecule has 1 aromatic rings. The molecule has 1 aliphatic rings. The molecule has 1 fully saturated rings. The topological polar surface area (TPSA) is 58.9 Å². The number of halogens is 1. The van der Waals surface area contributed by atoms with Crippen LogP contribution in [0.1, 0.15) is 12.0 Å². The number of rotatable bonds is 2. The van der Waals surface area contributed by atoms with Crippen LogP contribution in [0.5, 0.6) is 0 Å². The molecular weight excluding hydrogens is 232 g/mol. The molecule has 0 unspecified atom stereocenters. The molecule has 0 amide bonds. The van der Waals surface area contributed by atoms with Gasteiger partial charge in [0.2, 0.25) is 12.1 Å². The van der Waals surface area contributed by atoms with Gasteiger partial charge in [-0.15, -0.1) is 0 Å². The Morgan fingerprint density at radius 2 is 1.69 bits per heavy atom. The maximum Gasteiger partial charge on any atom is 0.243 e. The molecule has 5 heteroatoms. The summed E-state index contributed by atoms with van der Waals surface area (Å²) in [6.45, 7) is 0.919. The molecular formula is C11H13ClO4. The molecule has 1 heterocycles. The van der Waals surface area contributed by atoms with Gasteiger partial charge in [0.05, 0.1) is 13.2 Å². The Hall–Kier alpha value is -0.650. The number of hydrogen-bond acceptors (Lipinski definition) is 4. The van der Waals surface area contributed by atoms with Gasteiger partial charge < -0.3 is 19.7 Å². The Bertz CT molecular complexity index is 344. The van der Waals surface area contributed by atoms with Crippen LogP contribution in [0.15, 0.2) is 24.3 Å². The van der Waals surface area contributed by atoms with Crippen LogP contribution in [-0.4, -0.2) is 29.7 Å². The van der Waals surface area contributed by atoms with Gasteiger partial charge in [-0.3, -0.25) is 0 Å². The predicted molar refractivity (Wildman–Crippen MR) is 57.9 cm³/mol. The number of hydrogen-bond donors (Lipinski definition) is 2. The zero-order chi connectivity index (χ0) is 11.6. The minimum absolute atomic E-state index is 0.295. The van der Waals surface area contributed by atoms with Gasteiger partial charge in [0.1, 0.15) is 0 Å². The average molecular weight is 245 g/mol. The van der Waals surface area contributed by atoms with E-state index in [1.54, 1.807) is 12.1 Å². The van der Waals surface area contributed by atoms with E-state index in [1.165, 1.54) is 12.1 Å². The molecule has 0 spiro atoms. The molecule has 2 N–H and O–H groups in total. The van der Waals surface area contributed by atoms with Crippen molar-refractivity contribution in [3.05, 3.63) is 34.9 Å². The third kappa shape index (κ3) is 2.36. The standard InChI is InChI=1S/C11H13ClO4/c12-9-4-2-8(3-5-9)11(13,14)10-15-6-1-7-16-10/h2-5,10,13-14H,1,6-7H2. The van der Waals surface area contributed by atoms with Gasteiger partial charge in [-0.25, -0.2) is 0 Å². The smallest absolute Gasteiger partial charge is 0.243 e. The normalized spacial score (nSPS) is 18.7. The van der Waals surface area contributed by atoms with Crippen LogP contribution in [0.25, 0.3) is 0 Å². The summed E-state index contributed by atoms with van der Waals surface area (Å²) in [4.78, 5) is 0. The van der Waals surface area contributed by atoms with E-state index >= 15 is 0 Å². The van der Waals surface area contributed by atoms with Crippen molar-refractivity contribution in [3.63, 3.8) is 0 Å². The molecule has 1 aliphatic heterocycles. The van der Waals surface area contributed by atoms with E-state index < -0.39 is 12.1 Å². The maximum atomic E-state index is 9.96. The van der Waals surface area contributed by atoms with Gasteiger partial charge >= 0.3 is 0 Å². The SMILES string of the molecule is OC(O)(c1ccc(Cl)cc1)C1OCCCO1. The predicted octanol–water partition coefficient (Wildman–Crippen LogP) is 1.24. The van der Waals surface area contributed by atoms with Crippen molar-refractivity contribution in [2.24, 2.45) is 0 Å². The van der Waals surface area contributed by atoms with Crippen molar-refractivity contribution in [3.8, 4) is 0 Å². The first kappa shape index (κ1) is 11.8. The average Bonchev–Trinajstić information content (AvgIpc) is 2.31. The first-order chi connectivity index (χ1) is 7.60. The zero-order valence-corrected chi connectivity index (χ0v) is 9.35. The molecule has 0 radical (unpaired) electrons. The summed E-state index contributed by atoms with van der Waals surface area (Å²) in [5, 5.41) is 20.5. The number of ether oxygens (including phenoxy) is 2. The van der Waals surface area contributed by atoms with Crippen LogP contribution in [-0.2, 0) is 15.3 Å². The van der Waals surface area contributed by atoms with Gasteiger partial charge in [0.25, 0.3) is 0 Å². The Kier molecular flexibility index (Phi) is 3.47. The largest absolute Gasteiger partial charge is 0.358 e. The van der Waals surface area contributed by atoms with E-state index in [0.717, 1.165) is 6.42 Å². The van der Waals surface area contributed by atoms with Crippen LogP contribution in [0.2, 0.25) is 5.02 Å². The summed E-state index contributed by atoms with van der Waals surface area (Å²) in [7, 11) is 0. The van der Waals surface area contributed by atoms with Crippen LogP contribution in [0.3, 0.4) is 0 Å². The van der Waals surface area contributed by atoms with Crippen molar-refractivity contribution < 1.29 is 19.7 Å². The molecule has 4 nitrogen and oxygen atoms in total. The molecule has 16 heavy (non-hydrogen) atoms. The highest BCUT2D eigenvalue weighted by Crippen LogP contribution is 2.28. The van der Waals surface area contributed by atoms with Crippen LogP contribution in [0.4, 0.5) is 0 Å². The van der Waals surface area contributed by atoms with Crippen LogP contribution < -0.4 is 0 Å². The quantitative estimate of drug-likeness (QED) is 0.769. The number of benzene rings is 1. The zero-order valence-electron chi connectivity index (χ0n) is 8.60. The van der Waals surface area contributed by atoms with E-state index in [4.69, 9.17) is 21.1 Å². The van der Waals surface area contributed by atoms with Crippen LogP contribution in [0, 0.1) is 0 Å². The maximum absolute atomic E-state index is 9.96. The van der Waals surface area contributed by atoms with Gasteiger partial charge in [0, 0.05) is 10.6 Å². The first-order valence-corrected chi connectivity index (χ1v) is 5.42. The molecule has 2 rings (SSSR count). The van der Waals surface area contributed by atoms with Crippen molar-refractivity contribution in [1.29, 1.82) is 0 Å². The molecule has 1 saturated heterocycles. The van der Waals surface area contributed by atoms with E-state index in [-0.39, 0.29) is 0 Å². The molecule has 1 aromatic carbocycles. The highest BCUT2D eigenvalue weighted by molar-refractivity contribution is 6.30. The summed E-state index contributed by atoms with van der Waals surface area (Å²) in [6, 6.07) is 6.23. The molecule has 0 atom stereocenters. The van der Waals surface area contributed by atoms with Gasteiger partial charge in [0.15, 0.2) is 0 Å². The second-order valence-corrected chi connectivity index (χ2v) is 4.10. The van der Waals surface area contributed by atoms with Gasteiger partial charge in [-0.2, -0.15) is 0 Å². The summed E-state index contributed by atoms with van der Waals surface area (Å²) in [5.74, 6) is -2.15. The highest BCUT2D eigenvalue weighted by atomic mass is 35.5. The van der Waals surface area contributed by atoms with Crippen molar-refractivity contribution in [2.75, 3.05) is 13.2 Å². The fraction of sp³-hybridized carbons (Fsp3) is 0.455. The minimum Gasteiger partial charge on any atom is -0.358 e. The van der Waals surface area contributed by atoms with E-state index in [1.807, 2.05) is 0 Å². The summed E-state index contributed by atoms with van der Waals surface area (Å²) >= 11 is 5.72. The Morgan fingerprint density at radius 3 is 2.25 bits per heavy atom. The van der Waals surface area contributed by atoms with Gasteiger partial charge in [-0.1, -0.05) is 23.7 Å². The van der Waals surface area contributed by atoms with Crippen LogP contribution >= 0.6 is 11.6 Å². The van der Waals surface area contributed by atoms with Crippen molar-refractivity contribution in [1.82, 2.24) is 0 Å². The second-order valence-electron chi connectivity index (χ2n) is 3.66. The summed E-state index contributed by atoms with van der Waals surface area (Å²) in [6.07, 6.45) is -0.296. The molecule has 0 aliphatic carbocycles. The third-order valence-corrected chi connectivity index (χ3v) is 2.68. The summed E-state index contributed by atoms with van der Waals surface area (Å²) in [5.41, 5.74) is 0.295. The Morgan fingerprint density at radius 1 is 1.12 bits per heavy atom. The molecule has 88 valence electrons. The fourth-order valence-electron chi connectivity index (χ4n) is 1.55. The fourth-order valence-corrected chi connectivity index (χ4v) is 1.68. The van der Waals surface area contributed by atoms with Crippen molar-refractivity contribution >= 4 is 11.6 Å². The highest BCUT2D eigenvalue weighted by Gasteiger charge is 2.39. The lowest BCUT2D eigenvalue weighted by molar-refractivity contribution is -0.341.